The summed E-state index contributed by atoms with van der Waals surface area (Å²) in [7, 11) is -3.99. The topological polar surface area (TPSA) is 114 Å². The van der Waals surface area contributed by atoms with Crippen LogP contribution in [0, 0.1) is 0 Å². The highest BCUT2D eigenvalue weighted by molar-refractivity contribution is 7.49. The lowest BCUT2D eigenvalue weighted by atomic mass is 10.1. The fourth-order valence-electron chi connectivity index (χ4n) is 5.13. The van der Waals surface area contributed by atoms with Gasteiger partial charge in [0.1, 0.15) is 6.04 Å². The van der Waals surface area contributed by atoms with Crippen LogP contribution in [0.5, 0.6) is 0 Å². The van der Waals surface area contributed by atoms with Crippen molar-refractivity contribution in [2.45, 2.75) is 193 Å². The van der Waals surface area contributed by atoms with Crippen molar-refractivity contribution in [1.29, 1.82) is 0 Å². The zero-order valence-electron chi connectivity index (χ0n) is 27.9. The molecule has 0 aromatic heterocycles. The molecule has 4 N–H and O–H groups in total. The molecule has 0 aromatic carbocycles. The number of nitrogens with two attached hydrogens (primary N) is 2. The number of phosphoric acid groups is 1. The van der Waals surface area contributed by atoms with Gasteiger partial charge < -0.3 is 16.0 Å². The third-order valence-corrected chi connectivity index (χ3v) is 9.37. The van der Waals surface area contributed by atoms with E-state index in [1.54, 1.807) is 0 Å². The van der Waals surface area contributed by atoms with Crippen LogP contribution in [0.3, 0.4) is 0 Å². The van der Waals surface area contributed by atoms with Gasteiger partial charge in [0.05, 0.1) is 13.2 Å². The summed E-state index contributed by atoms with van der Waals surface area (Å²) >= 11 is 0. The predicted octanol–water partition coefficient (Wildman–Crippen LogP) is 10.5. The molecule has 0 aromatic rings. The van der Waals surface area contributed by atoms with Gasteiger partial charge in [0, 0.05) is 0 Å². The molecule has 0 saturated carbocycles. The van der Waals surface area contributed by atoms with Crippen molar-refractivity contribution in [3.05, 3.63) is 0 Å². The van der Waals surface area contributed by atoms with Crippen LogP contribution in [-0.4, -0.2) is 31.8 Å². The molecule has 42 heavy (non-hydrogen) atoms. The van der Waals surface area contributed by atoms with Gasteiger partial charge in [0.15, 0.2) is 0 Å². The van der Waals surface area contributed by atoms with E-state index < -0.39 is 19.8 Å². The van der Waals surface area contributed by atoms with E-state index in [1.807, 2.05) is 0 Å². The number of carbonyl (C=O) groups excluding carboxylic acids is 1. The van der Waals surface area contributed by atoms with E-state index in [0.29, 0.717) is 13.0 Å². The Morgan fingerprint density at radius 2 is 0.881 bits per heavy atom. The summed E-state index contributed by atoms with van der Waals surface area (Å²) in [6.45, 7) is 5.56. The first kappa shape index (κ1) is 41.5. The minimum absolute atomic E-state index is 0.253. The van der Waals surface area contributed by atoms with Gasteiger partial charge in [0.2, 0.25) is 0 Å². The SMILES string of the molecule is CCCCCCCCCCCCCCOP(=O)(OCCCCCCCCCCCCCC)OC(=O)[C@@H](N)CCCCN. The molecule has 0 aliphatic carbocycles. The van der Waals surface area contributed by atoms with Gasteiger partial charge >= 0.3 is 13.8 Å². The van der Waals surface area contributed by atoms with Crippen LogP contribution in [0.1, 0.15) is 187 Å². The van der Waals surface area contributed by atoms with E-state index in [0.717, 1.165) is 51.4 Å². The van der Waals surface area contributed by atoms with Crippen LogP contribution >= 0.6 is 7.82 Å². The van der Waals surface area contributed by atoms with Crippen molar-refractivity contribution in [2.24, 2.45) is 11.5 Å². The fourth-order valence-corrected chi connectivity index (χ4v) is 6.37. The molecule has 7 nitrogen and oxygen atoms in total. The normalized spacial score (nSPS) is 12.6. The van der Waals surface area contributed by atoms with Crippen LogP contribution < -0.4 is 11.5 Å². The molecule has 0 fully saturated rings. The van der Waals surface area contributed by atoms with E-state index in [2.05, 4.69) is 13.8 Å². The molecule has 0 bridgehead atoms. The van der Waals surface area contributed by atoms with Crippen molar-refractivity contribution in [3.63, 3.8) is 0 Å². The standard InChI is InChI=1S/C34H71N2O5P/c1-3-5-7-9-11-13-15-17-19-21-23-27-31-39-42(38,41-34(37)33(36)29-25-26-30-35)40-32-28-24-22-20-18-16-14-12-10-8-6-4-2/h33H,3-32,35-36H2,1-2H3/t33-/m0/s1. The van der Waals surface area contributed by atoms with Crippen LogP contribution in [0.25, 0.3) is 0 Å². The molecule has 252 valence electrons. The van der Waals surface area contributed by atoms with E-state index in [4.69, 9.17) is 25.0 Å². The van der Waals surface area contributed by atoms with E-state index in [9.17, 15) is 9.36 Å². The molecule has 0 heterocycles. The zero-order chi connectivity index (χ0) is 31.0. The monoisotopic (exact) mass is 619 g/mol. The molecule has 0 aliphatic rings. The number of phosphoric ester groups is 1. The summed E-state index contributed by atoms with van der Waals surface area (Å²) < 4.78 is 29.7. The Morgan fingerprint density at radius 1 is 0.548 bits per heavy atom. The van der Waals surface area contributed by atoms with Crippen molar-refractivity contribution < 1.29 is 22.9 Å². The minimum atomic E-state index is -3.99. The van der Waals surface area contributed by atoms with Crippen LogP contribution in [0.15, 0.2) is 0 Å². The maximum atomic E-state index is 13.3. The third-order valence-electron chi connectivity index (χ3n) is 7.97. The Bertz CT molecular complexity index is 589. The molecule has 0 unspecified atom stereocenters. The Morgan fingerprint density at radius 3 is 1.21 bits per heavy atom. The first-order chi connectivity index (χ1) is 20.5. The second-order valence-corrected chi connectivity index (χ2v) is 13.8. The van der Waals surface area contributed by atoms with E-state index in [1.165, 1.54) is 116 Å². The summed E-state index contributed by atoms with van der Waals surface area (Å²) in [6.07, 6.45) is 31.6. The smallest absolute Gasteiger partial charge is 0.369 e. The van der Waals surface area contributed by atoms with Gasteiger partial charge in [0.25, 0.3) is 0 Å². The molecule has 1 atom stereocenters. The van der Waals surface area contributed by atoms with E-state index in [-0.39, 0.29) is 13.2 Å². The predicted molar refractivity (Wildman–Crippen MR) is 179 cm³/mol. The molecule has 0 amide bonds. The summed E-state index contributed by atoms with van der Waals surface area (Å²) in [5.74, 6) is -0.722. The van der Waals surface area contributed by atoms with Gasteiger partial charge in [-0.05, 0) is 32.2 Å². The molecular weight excluding hydrogens is 547 g/mol. The highest BCUT2D eigenvalue weighted by atomic mass is 31.2. The number of rotatable bonds is 34. The summed E-state index contributed by atoms with van der Waals surface area (Å²) in [5.41, 5.74) is 11.5. The van der Waals surface area contributed by atoms with Crippen molar-refractivity contribution in [2.75, 3.05) is 19.8 Å². The third kappa shape index (κ3) is 28.3. The number of unbranched alkanes of at least 4 members (excludes halogenated alkanes) is 23. The lowest BCUT2D eigenvalue weighted by Crippen LogP contribution is -2.32. The molecule has 8 heteroatoms. The molecule has 0 saturated heterocycles. The Hall–Kier alpha value is -0.460. The summed E-state index contributed by atoms with van der Waals surface area (Å²) in [5, 5.41) is 0. The van der Waals surface area contributed by atoms with Gasteiger partial charge in [-0.2, -0.15) is 0 Å². The maximum absolute atomic E-state index is 13.3. The van der Waals surface area contributed by atoms with Gasteiger partial charge in [-0.15, -0.1) is 0 Å². The second-order valence-electron chi connectivity index (χ2n) is 12.2. The van der Waals surface area contributed by atoms with Crippen LogP contribution in [0.4, 0.5) is 0 Å². The molecule has 0 rings (SSSR count). The van der Waals surface area contributed by atoms with Crippen LogP contribution in [-0.2, 0) is 22.9 Å². The first-order valence-corrected chi connectivity index (χ1v) is 19.5. The van der Waals surface area contributed by atoms with Crippen LogP contribution in [0.2, 0.25) is 0 Å². The lowest BCUT2D eigenvalue weighted by Gasteiger charge is -2.19. The summed E-state index contributed by atoms with van der Waals surface area (Å²) in [6, 6.07) is -0.852. The second kappa shape index (κ2) is 31.9. The number of hydrogen-bond donors (Lipinski definition) is 2. The average Bonchev–Trinajstić information content (AvgIpc) is 2.98. The van der Waals surface area contributed by atoms with Gasteiger partial charge in [-0.25, -0.2) is 9.36 Å². The Kier molecular flexibility index (Phi) is 31.6. The molecule has 0 radical (unpaired) electrons. The quantitative estimate of drug-likeness (QED) is 0.0544. The molecular formula is C34H71N2O5P. The largest absolute Gasteiger partial charge is 0.532 e. The first-order valence-electron chi connectivity index (χ1n) is 18.1. The zero-order valence-corrected chi connectivity index (χ0v) is 28.8. The minimum Gasteiger partial charge on any atom is -0.369 e. The molecule has 0 spiro atoms. The average molecular weight is 619 g/mol. The number of carbonyl (C=O) groups is 1. The fraction of sp³-hybridized carbons (Fsp3) is 0.971. The Labute approximate surface area is 261 Å². The highest BCUT2D eigenvalue weighted by Gasteiger charge is 2.33. The van der Waals surface area contributed by atoms with Crippen molar-refractivity contribution in [3.8, 4) is 0 Å². The highest BCUT2D eigenvalue weighted by Crippen LogP contribution is 2.50. The summed E-state index contributed by atoms with van der Waals surface area (Å²) in [4.78, 5) is 12.5. The molecule has 0 aliphatic heterocycles. The van der Waals surface area contributed by atoms with Crippen molar-refractivity contribution in [1.82, 2.24) is 0 Å². The lowest BCUT2D eigenvalue weighted by molar-refractivity contribution is -0.138. The van der Waals surface area contributed by atoms with Crippen molar-refractivity contribution >= 4 is 13.8 Å². The number of hydrogen-bond acceptors (Lipinski definition) is 7. The maximum Gasteiger partial charge on any atom is 0.532 e. The van der Waals surface area contributed by atoms with Gasteiger partial charge in [-0.3, -0.25) is 9.05 Å². The Balaban J connectivity index is 4.21. The van der Waals surface area contributed by atoms with Gasteiger partial charge in [-0.1, -0.05) is 162 Å². The van der Waals surface area contributed by atoms with E-state index >= 15 is 0 Å².